The fourth-order valence-corrected chi connectivity index (χ4v) is 7.64. The lowest BCUT2D eigenvalue weighted by Crippen LogP contribution is -2.35. The zero-order chi connectivity index (χ0) is 32.5. The summed E-state index contributed by atoms with van der Waals surface area (Å²) in [5.74, 6) is -2.98. The summed E-state index contributed by atoms with van der Waals surface area (Å²) >= 11 is 0. The van der Waals surface area contributed by atoms with E-state index in [0.717, 1.165) is 35.8 Å². The minimum absolute atomic E-state index is 0.0136. The summed E-state index contributed by atoms with van der Waals surface area (Å²) in [6.45, 7) is 7.21. The molecule has 3 heterocycles. The van der Waals surface area contributed by atoms with Gasteiger partial charge in [0.05, 0.1) is 12.1 Å². The molecule has 45 heavy (non-hydrogen) atoms. The maximum Gasteiger partial charge on any atom is 0.452 e. The van der Waals surface area contributed by atoms with Gasteiger partial charge in [0.2, 0.25) is 15.8 Å². The van der Waals surface area contributed by atoms with E-state index >= 15 is 0 Å². The fourth-order valence-electron chi connectivity index (χ4n) is 6.02. The van der Waals surface area contributed by atoms with Crippen molar-refractivity contribution >= 4 is 27.3 Å². The van der Waals surface area contributed by atoms with E-state index in [1.165, 1.54) is 16.6 Å². The average Bonchev–Trinajstić information content (AvgIpc) is 3.40. The molecule has 2 aromatic carbocycles. The number of para-hydroxylation sites is 1. The quantitative estimate of drug-likeness (QED) is 0.206. The van der Waals surface area contributed by atoms with Crippen LogP contribution in [0.1, 0.15) is 72.2 Å². The number of fused-ring (bicyclic) bond motifs is 2. The Morgan fingerprint density at radius 3 is 2.51 bits per heavy atom. The number of benzene rings is 2. The van der Waals surface area contributed by atoms with Gasteiger partial charge >= 0.3 is 12.1 Å². The zero-order valence-corrected chi connectivity index (χ0v) is 26.2. The third kappa shape index (κ3) is 6.55. The van der Waals surface area contributed by atoms with Gasteiger partial charge in [0.1, 0.15) is 4.90 Å². The maximum absolute atomic E-state index is 14.0. The van der Waals surface area contributed by atoms with Crippen molar-refractivity contribution in [2.75, 3.05) is 24.5 Å². The van der Waals surface area contributed by atoms with Crippen LogP contribution in [0.3, 0.4) is 0 Å². The number of aromatic nitrogens is 3. The van der Waals surface area contributed by atoms with E-state index in [1.807, 2.05) is 31.2 Å². The Balaban J connectivity index is 1.51. The third-order valence-electron chi connectivity index (χ3n) is 8.47. The van der Waals surface area contributed by atoms with Crippen LogP contribution >= 0.6 is 0 Å². The van der Waals surface area contributed by atoms with E-state index in [4.69, 9.17) is 0 Å². The number of aliphatic carboxylic acids is 1. The van der Waals surface area contributed by atoms with Gasteiger partial charge in [0, 0.05) is 38.3 Å². The lowest BCUT2D eigenvalue weighted by Gasteiger charge is -2.24. The number of anilines is 1. The van der Waals surface area contributed by atoms with E-state index < -0.39 is 33.9 Å². The molecule has 0 fully saturated rings. The van der Waals surface area contributed by atoms with Gasteiger partial charge in [-0.25, -0.2) is 8.42 Å². The SMILES string of the molecule is CCCCCN1CCN(Cc2cc([C@H](CC(=O)O)c3ccn4c(C(F)(F)F)nnc4c3C)ccc2C)S(=O)(=O)c2ccccc21. The Kier molecular flexibility index (Phi) is 9.22. The molecule has 240 valence electrons. The van der Waals surface area contributed by atoms with E-state index in [1.54, 1.807) is 25.1 Å². The molecule has 1 aliphatic heterocycles. The molecule has 0 aliphatic carbocycles. The first kappa shape index (κ1) is 32.4. The predicted octanol–water partition coefficient (Wildman–Crippen LogP) is 6.17. The molecular weight excluding hydrogens is 607 g/mol. The number of carbonyl (C=O) groups is 1. The Morgan fingerprint density at radius 2 is 1.80 bits per heavy atom. The Morgan fingerprint density at radius 1 is 1.04 bits per heavy atom. The molecule has 0 bridgehead atoms. The molecule has 0 saturated carbocycles. The largest absolute Gasteiger partial charge is 0.481 e. The molecule has 4 aromatic rings. The lowest BCUT2D eigenvalue weighted by atomic mass is 9.85. The normalized spacial score (nSPS) is 16.0. The molecule has 0 saturated heterocycles. The van der Waals surface area contributed by atoms with E-state index in [2.05, 4.69) is 22.0 Å². The summed E-state index contributed by atoms with van der Waals surface area (Å²) in [5.41, 5.74) is 3.71. The van der Waals surface area contributed by atoms with Gasteiger partial charge in [-0.1, -0.05) is 50.1 Å². The lowest BCUT2D eigenvalue weighted by molar-refractivity contribution is -0.145. The standard InChI is InChI=1S/C32H36F3N5O4S/c1-4-5-8-14-38-16-17-39(45(43,44)28-10-7-6-9-27(28)38)20-24-18-23(12-11-21(24)2)26(19-29(41)42)25-13-15-40-30(22(25)3)36-37-31(40)32(33,34)35/h6-7,9-13,15,18,26H,4-5,8,14,16-17,19-20H2,1-3H3,(H,41,42)/t26-/m0/s1. The van der Waals surface area contributed by atoms with Gasteiger partial charge in [-0.05, 0) is 66.3 Å². The van der Waals surface area contributed by atoms with Crippen molar-refractivity contribution in [2.45, 2.75) is 70.0 Å². The van der Waals surface area contributed by atoms with Crippen LogP contribution in [0.15, 0.2) is 59.6 Å². The van der Waals surface area contributed by atoms with Gasteiger partial charge in [0.25, 0.3) is 0 Å². The Labute approximate surface area is 260 Å². The minimum atomic E-state index is -4.71. The molecule has 5 rings (SSSR count). The van der Waals surface area contributed by atoms with Crippen LogP contribution in [0.5, 0.6) is 0 Å². The number of unbranched alkanes of at least 4 members (excludes halogenated alkanes) is 2. The predicted molar refractivity (Wildman–Crippen MR) is 164 cm³/mol. The van der Waals surface area contributed by atoms with Crippen molar-refractivity contribution in [3.8, 4) is 0 Å². The molecule has 1 aliphatic rings. The molecule has 0 radical (unpaired) electrons. The maximum atomic E-state index is 14.0. The van der Waals surface area contributed by atoms with Crippen molar-refractivity contribution < 1.29 is 31.5 Å². The molecule has 0 spiro atoms. The second-order valence-electron chi connectivity index (χ2n) is 11.4. The first-order valence-corrected chi connectivity index (χ1v) is 16.3. The van der Waals surface area contributed by atoms with Crippen LogP contribution in [-0.2, 0) is 27.5 Å². The molecule has 0 amide bonds. The van der Waals surface area contributed by atoms with E-state index in [9.17, 15) is 31.5 Å². The number of hydrogen-bond donors (Lipinski definition) is 1. The average molecular weight is 644 g/mol. The minimum Gasteiger partial charge on any atom is -0.481 e. The number of pyridine rings is 1. The topological polar surface area (TPSA) is 108 Å². The smallest absolute Gasteiger partial charge is 0.452 e. The van der Waals surface area contributed by atoms with Crippen molar-refractivity contribution in [2.24, 2.45) is 0 Å². The van der Waals surface area contributed by atoms with Crippen LogP contribution in [0, 0.1) is 13.8 Å². The summed E-state index contributed by atoms with van der Waals surface area (Å²) in [5, 5.41) is 16.9. The van der Waals surface area contributed by atoms with Crippen molar-refractivity contribution in [3.05, 3.63) is 88.4 Å². The number of sulfonamides is 1. The van der Waals surface area contributed by atoms with Gasteiger partial charge in [-0.3, -0.25) is 9.20 Å². The van der Waals surface area contributed by atoms with Crippen molar-refractivity contribution in [3.63, 3.8) is 0 Å². The second-order valence-corrected chi connectivity index (χ2v) is 13.4. The van der Waals surface area contributed by atoms with Crippen LogP contribution in [-0.4, -0.2) is 58.0 Å². The number of carboxylic acids is 1. The van der Waals surface area contributed by atoms with Crippen LogP contribution in [0.4, 0.5) is 18.9 Å². The molecular formula is C32H36F3N5O4S. The number of carboxylic acid groups (broad SMARTS) is 1. The number of rotatable bonds is 10. The van der Waals surface area contributed by atoms with Crippen molar-refractivity contribution in [1.82, 2.24) is 18.9 Å². The number of hydrogen-bond acceptors (Lipinski definition) is 6. The highest BCUT2D eigenvalue weighted by Crippen LogP contribution is 2.36. The summed E-state index contributed by atoms with van der Waals surface area (Å²) in [6.07, 6.45) is -0.778. The van der Waals surface area contributed by atoms with Crippen molar-refractivity contribution in [1.29, 1.82) is 0 Å². The Bertz CT molecular complexity index is 1820. The first-order valence-electron chi connectivity index (χ1n) is 14.9. The third-order valence-corrected chi connectivity index (χ3v) is 10.4. The van der Waals surface area contributed by atoms with Gasteiger partial charge in [-0.2, -0.15) is 17.5 Å². The van der Waals surface area contributed by atoms with E-state index in [0.29, 0.717) is 34.5 Å². The number of halogens is 3. The highest BCUT2D eigenvalue weighted by Gasteiger charge is 2.38. The molecule has 1 atom stereocenters. The van der Waals surface area contributed by atoms with Gasteiger partial charge < -0.3 is 10.0 Å². The van der Waals surface area contributed by atoms with Gasteiger partial charge in [0.15, 0.2) is 5.65 Å². The number of aryl methyl sites for hydroxylation is 2. The molecule has 9 nitrogen and oxygen atoms in total. The summed E-state index contributed by atoms with van der Waals surface area (Å²) in [7, 11) is -3.86. The highest BCUT2D eigenvalue weighted by atomic mass is 32.2. The number of nitrogens with zero attached hydrogens (tertiary/aromatic N) is 5. The monoisotopic (exact) mass is 643 g/mol. The summed E-state index contributed by atoms with van der Waals surface area (Å²) < 4.78 is 70.6. The second kappa shape index (κ2) is 12.8. The molecule has 2 aromatic heterocycles. The van der Waals surface area contributed by atoms with E-state index in [-0.39, 0.29) is 30.1 Å². The van der Waals surface area contributed by atoms with Crippen LogP contribution < -0.4 is 4.90 Å². The summed E-state index contributed by atoms with van der Waals surface area (Å²) in [4.78, 5) is 14.4. The van der Waals surface area contributed by atoms with Crippen LogP contribution in [0.2, 0.25) is 0 Å². The number of alkyl halides is 3. The summed E-state index contributed by atoms with van der Waals surface area (Å²) in [6, 6.07) is 13.9. The van der Waals surface area contributed by atoms with Crippen LogP contribution in [0.25, 0.3) is 5.65 Å². The molecule has 13 heteroatoms. The first-order chi connectivity index (χ1) is 21.3. The van der Waals surface area contributed by atoms with Gasteiger partial charge in [-0.15, -0.1) is 10.2 Å². The Hall–Kier alpha value is -3.97. The molecule has 1 N–H and O–H groups in total. The molecule has 0 unspecified atom stereocenters. The highest BCUT2D eigenvalue weighted by molar-refractivity contribution is 7.89. The zero-order valence-electron chi connectivity index (χ0n) is 25.4. The fraction of sp³-hybridized carbons (Fsp3) is 0.406.